The molecule has 2 rings (SSSR count). The summed E-state index contributed by atoms with van der Waals surface area (Å²) in [7, 11) is 0. The molecule has 0 fully saturated rings. The molecule has 1 heterocycles. The minimum Gasteiger partial charge on any atom is -0.486 e. The number of hydrogen-bond acceptors (Lipinski definition) is 2. The number of fused-ring (bicyclic) bond motifs is 1. The average Bonchev–Trinajstić information content (AvgIpc) is 2.15. The summed E-state index contributed by atoms with van der Waals surface area (Å²) in [4.78, 5) is 11.0. The summed E-state index contributed by atoms with van der Waals surface area (Å²) in [5.74, 6) is 0.0340. The van der Waals surface area contributed by atoms with Crippen LogP contribution in [0.4, 0.5) is 13.2 Å². The van der Waals surface area contributed by atoms with Crippen molar-refractivity contribution < 1.29 is 22.7 Å². The smallest absolute Gasteiger partial charge is 0.416 e. The Labute approximate surface area is 83.7 Å². The van der Waals surface area contributed by atoms with Crippen LogP contribution in [-0.2, 0) is 17.4 Å². The van der Waals surface area contributed by atoms with Crippen LogP contribution in [0.2, 0.25) is 0 Å². The normalized spacial score (nSPS) is 15.8. The number of Topliss-reactive ketones (excluding diaryl/α,β-unsaturated/α-hetero) is 1. The van der Waals surface area contributed by atoms with Crippen molar-refractivity contribution in [2.24, 2.45) is 0 Å². The number of benzene rings is 1. The van der Waals surface area contributed by atoms with Crippen molar-refractivity contribution in [1.29, 1.82) is 0 Å². The van der Waals surface area contributed by atoms with Crippen molar-refractivity contribution in [3.8, 4) is 5.75 Å². The molecule has 0 N–H and O–H groups in total. The van der Waals surface area contributed by atoms with Crippen molar-refractivity contribution >= 4 is 5.78 Å². The number of alkyl halides is 3. The summed E-state index contributed by atoms with van der Waals surface area (Å²) >= 11 is 0. The highest BCUT2D eigenvalue weighted by atomic mass is 19.4. The van der Waals surface area contributed by atoms with Crippen LogP contribution >= 0.6 is 0 Å². The molecule has 5 heteroatoms. The number of rotatable bonds is 0. The maximum absolute atomic E-state index is 12.3. The largest absolute Gasteiger partial charge is 0.486 e. The lowest BCUT2D eigenvalue weighted by Crippen LogP contribution is -2.20. The highest BCUT2D eigenvalue weighted by molar-refractivity contribution is 5.84. The molecule has 0 unspecified atom stereocenters. The summed E-state index contributed by atoms with van der Waals surface area (Å²) in [6, 6.07) is 3.18. The molecule has 2 nitrogen and oxygen atoms in total. The van der Waals surface area contributed by atoms with Crippen molar-refractivity contribution in [2.75, 3.05) is 6.61 Å². The molecular formula is C10H7F3O2. The molecule has 80 valence electrons. The van der Waals surface area contributed by atoms with E-state index in [0.29, 0.717) is 5.56 Å². The lowest BCUT2D eigenvalue weighted by molar-refractivity contribution is -0.137. The Kier molecular flexibility index (Phi) is 2.17. The third-order valence-corrected chi connectivity index (χ3v) is 2.17. The van der Waals surface area contributed by atoms with Crippen LogP contribution in [0.15, 0.2) is 18.2 Å². The maximum Gasteiger partial charge on any atom is 0.416 e. The predicted molar refractivity (Wildman–Crippen MR) is 45.7 cm³/mol. The number of carbonyl (C=O) groups excluding carboxylic acids is 1. The average molecular weight is 216 g/mol. The first-order valence-corrected chi connectivity index (χ1v) is 4.31. The van der Waals surface area contributed by atoms with Crippen LogP contribution in [-0.4, -0.2) is 12.4 Å². The molecule has 0 atom stereocenters. The predicted octanol–water partition coefficient (Wildman–Crippen LogP) is 2.21. The molecule has 1 aromatic carbocycles. The van der Waals surface area contributed by atoms with Gasteiger partial charge in [0.15, 0.2) is 5.78 Å². The summed E-state index contributed by atoms with van der Waals surface area (Å²) in [6.45, 7) is -0.145. The van der Waals surface area contributed by atoms with E-state index in [1.54, 1.807) is 0 Å². The third-order valence-electron chi connectivity index (χ3n) is 2.17. The van der Waals surface area contributed by atoms with E-state index in [-0.39, 0.29) is 24.6 Å². The fourth-order valence-corrected chi connectivity index (χ4v) is 1.43. The summed E-state index contributed by atoms with van der Waals surface area (Å²) in [5.41, 5.74) is -0.241. The molecule has 0 spiro atoms. The van der Waals surface area contributed by atoms with Crippen molar-refractivity contribution in [3.05, 3.63) is 29.3 Å². The number of ketones is 1. The Morgan fingerprint density at radius 2 is 2.00 bits per heavy atom. The zero-order valence-electron chi connectivity index (χ0n) is 7.60. The highest BCUT2D eigenvalue weighted by Crippen LogP contribution is 2.34. The molecule has 0 aliphatic carbocycles. The Morgan fingerprint density at radius 3 is 2.67 bits per heavy atom. The summed E-state index contributed by atoms with van der Waals surface area (Å²) in [5, 5.41) is 0. The Hall–Kier alpha value is -1.52. The van der Waals surface area contributed by atoms with E-state index < -0.39 is 11.7 Å². The van der Waals surface area contributed by atoms with Gasteiger partial charge in [0.2, 0.25) is 0 Å². The van der Waals surface area contributed by atoms with E-state index in [9.17, 15) is 18.0 Å². The standard InChI is InChI=1S/C10H7F3O2/c11-10(12,13)7-2-1-6-3-8(14)5-15-9(6)4-7/h1-2,4H,3,5H2. The minimum atomic E-state index is -4.38. The molecule has 0 aromatic heterocycles. The SMILES string of the molecule is O=C1COc2cc(C(F)(F)F)ccc2C1. The number of carbonyl (C=O) groups is 1. The lowest BCUT2D eigenvalue weighted by atomic mass is 10.0. The molecule has 0 saturated heterocycles. The second kappa shape index (κ2) is 3.25. The van der Waals surface area contributed by atoms with E-state index in [1.165, 1.54) is 6.07 Å². The topological polar surface area (TPSA) is 26.3 Å². The molecule has 0 saturated carbocycles. The van der Waals surface area contributed by atoms with Crippen LogP contribution in [0.5, 0.6) is 5.75 Å². The lowest BCUT2D eigenvalue weighted by Gasteiger charge is -2.17. The van der Waals surface area contributed by atoms with Gasteiger partial charge in [-0.3, -0.25) is 4.79 Å². The van der Waals surface area contributed by atoms with Crippen LogP contribution in [0.3, 0.4) is 0 Å². The van der Waals surface area contributed by atoms with Gasteiger partial charge in [-0.1, -0.05) is 6.07 Å². The Bertz CT molecular complexity index is 410. The molecule has 1 aromatic rings. The van der Waals surface area contributed by atoms with Gasteiger partial charge in [-0.25, -0.2) is 0 Å². The van der Waals surface area contributed by atoms with E-state index >= 15 is 0 Å². The highest BCUT2D eigenvalue weighted by Gasteiger charge is 2.32. The van der Waals surface area contributed by atoms with Gasteiger partial charge in [-0.15, -0.1) is 0 Å². The quantitative estimate of drug-likeness (QED) is 0.664. The molecule has 1 aliphatic rings. The molecule has 1 aliphatic heterocycles. The first kappa shape index (κ1) is 10.0. The van der Waals surface area contributed by atoms with Gasteiger partial charge < -0.3 is 4.74 Å². The first-order valence-electron chi connectivity index (χ1n) is 4.31. The van der Waals surface area contributed by atoms with E-state index in [0.717, 1.165) is 12.1 Å². The molecule has 0 bridgehead atoms. The number of halogens is 3. The number of hydrogen-bond donors (Lipinski definition) is 0. The summed E-state index contributed by atoms with van der Waals surface area (Å²) < 4.78 is 41.9. The van der Waals surface area contributed by atoms with Crippen molar-refractivity contribution in [1.82, 2.24) is 0 Å². The van der Waals surface area contributed by atoms with Crippen LogP contribution < -0.4 is 4.74 Å². The van der Waals surface area contributed by atoms with Gasteiger partial charge in [0, 0.05) is 12.0 Å². The first-order chi connectivity index (χ1) is 6.97. The molecule has 15 heavy (non-hydrogen) atoms. The van der Waals surface area contributed by atoms with E-state index in [4.69, 9.17) is 4.74 Å². The fraction of sp³-hybridized carbons (Fsp3) is 0.300. The van der Waals surface area contributed by atoms with Gasteiger partial charge in [-0.2, -0.15) is 13.2 Å². The number of ether oxygens (including phenoxy) is 1. The molecular weight excluding hydrogens is 209 g/mol. The van der Waals surface area contributed by atoms with Gasteiger partial charge in [-0.05, 0) is 12.1 Å². The fourth-order valence-electron chi connectivity index (χ4n) is 1.43. The zero-order chi connectivity index (χ0) is 11.1. The second-order valence-corrected chi connectivity index (χ2v) is 3.32. The Balaban J connectivity index is 2.39. The monoisotopic (exact) mass is 216 g/mol. The summed E-state index contributed by atoms with van der Waals surface area (Å²) in [6.07, 6.45) is -4.23. The van der Waals surface area contributed by atoms with E-state index in [2.05, 4.69) is 0 Å². The Morgan fingerprint density at radius 1 is 1.27 bits per heavy atom. The van der Waals surface area contributed by atoms with Crippen molar-refractivity contribution in [3.63, 3.8) is 0 Å². The molecule has 0 radical (unpaired) electrons. The molecule has 0 amide bonds. The van der Waals surface area contributed by atoms with Crippen LogP contribution in [0, 0.1) is 0 Å². The van der Waals surface area contributed by atoms with Gasteiger partial charge in [0.05, 0.1) is 5.56 Å². The zero-order valence-corrected chi connectivity index (χ0v) is 7.60. The van der Waals surface area contributed by atoms with Crippen molar-refractivity contribution in [2.45, 2.75) is 12.6 Å². The van der Waals surface area contributed by atoms with Gasteiger partial charge in [0.1, 0.15) is 12.4 Å². The van der Waals surface area contributed by atoms with Gasteiger partial charge >= 0.3 is 6.18 Å². The van der Waals surface area contributed by atoms with E-state index in [1.807, 2.05) is 0 Å². The third kappa shape index (κ3) is 1.95. The second-order valence-electron chi connectivity index (χ2n) is 3.32. The maximum atomic E-state index is 12.3. The minimum absolute atomic E-state index is 0.123. The van der Waals surface area contributed by atoms with Crippen LogP contribution in [0.25, 0.3) is 0 Å². The van der Waals surface area contributed by atoms with Gasteiger partial charge in [0.25, 0.3) is 0 Å². The van der Waals surface area contributed by atoms with Crippen LogP contribution in [0.1, 0.15) is 11.1 Å².